The van der Waals surface area contributed by atoms with Crippen LogP contribution >= 0.6 is 0 Å². The molecule has 1 N–H and O–H groups in total. The molecule has 36 heavy (non-hydrogen) atoms. The van der Waals surface area contributed by atoms with Gasteiger partial charge in [0, 0.05) is 12.5 Å². The standard InChI is InChI=1S/C32H35NO3/c1-2-6-25(7-3-1)22-34-18-19-35-23-26-10-14-29(15-11-26)31-16-17-33-21-32(31)36-24-27-12-13-28-8-4-5-9-30(28)20-27/h1-15,20,31-33H,16-19,21-24H2/t31-,32+/m0/s1. The van der Waals surface area contributed by atoms with Crippen LogP contribution in [0.3, 0.4) is 0 Å². The Hall–Kier alpha value is -3.02. The fourth-order valence-electron chi connectivity index (χ4n) is 4.85. The Morgan fingerprint density at radius 2 is 1.31 bits per heavy atom. The van der Waals surface area contributed by atoms with Gasteiger partial charge in [0.25, 0.3) is 0 Å². The van der Waals surface area contributed by atoms with Crippen molar-refractivity contribution in [3.63, 3.8) is 0 Å². The summed E-state index contributed by atoms with van der Waals surface area (Å²) < 4.78 is 18.0. The van der Waals surface area contributed by atoms with Crippen LogP contribution in [0.15, 0.2) is 97.1 Å². The van der Waals surface area contributed by atoms with Crippen LogP contribution in [0.4, 0.5) is 0 Å². The van der Waals surface area contributed by atoms with Gasteiger partial charge >= 0.3 is 0 Å². The predicted molar refractivity (Wildman–Crippen MR) is 145 cm³/mol. The lowest BCUT2D eigenvalue weighted by atomic mass is 9.87. The summed E-state index contributed by atoms with van der Waals surface area (Å²) in [4.78, 5) is 0. The van der Waals surface area contributed by atoms with E-state index in [-0.39, 0.29) is 6.10 Å². The number of piperidine rings is 1. The molecule has 1 fully saturated rings. The number of benzene rings is 4. The molecule has 1 saturated heterocycles. The van der Waals surface area contributed by atoms with Crippen LogP contribution in [-0.2, 0) is 34.0 Å². The summed E-state index contributed by atoms with van der Waals surface area (Å²) in [5.74, 6) is 0.396. The molecular formula is C32H35NO3. The summed E-state index contributed by atoms with van der Waals surface area (Å²) in [6.45, 7) is 4.95. The SMILES string of the molecule is c1ccc(COCCOCc2ccc([C@@H]3CCNC[C@H]3OCc3ccc4ccccc4c3)cc2)cc1. The van der Waals surface area contributed by atoms with E-state index in [0.29, 0.717) is 39.0 Å². The maximum atomic E-state index is 6.45. The first kappa shape index (κ1) is 24.7. The van der Waals surface area contributed by atoms with Gasteiger partial charge in [-0.15, -0.1) is 0 Å². The van der Waals surface area contributed by atoms with E-state index >= 15 is 0 Å². The minimum Gasteiger partial charge on any atom is -0.374 e. The zero-order valence-corrected chi connectivity index (χ0v) is 20.8. The monoisotopic (exact) mass is 481 g/mol. The number of hydrogen-bond donors (Lipinski definition) is 1. The van der Waals surface area contributed by atoms with Gasteiger partial charge in [0.1, 0.15) is 0 Å². The van der Waals surface area contributed by atoms with Crippen LogP contribution in [0, 0.1) is 0 Å². The van der Waals surface area contributed by atoms with Gasteiger partial charge in [-0.25, -0.2) is 0 Å². The van der Waals surface area contributed by atoms with Crippen molar-refractivity contribution in [2.75, 3.05) is 26.3 Å². The van der Waals surface area contributed by atoms with Crippen LogP contribution in [0.1, 0.15) is 34.6 Å². The van der Waals surface area contributed by atoms with Crippen molar-refractivity contribution in [2.45, 2.75) is 38.3 Å². The molecule has 0 amide bonds. The second-order valence-corrected chi connectivity index (χ2v) is 9.46. The zero-order chi connectivity index (χ0) is 24.4. The van der Waals surface area contributed by atoms with Crippen LogP contribution in [0.2, 0.25) is 0 Å². The summed E-state index contributed by atoms with van der Waals surface area (Å²) in [5, 5.41) is 6.04. The largest absolute Gasteiger partial charge is 0.374 e. The molecule has 0 aliphatic carbocycles. The Morgan fingerprint density at radius 3 is 2.08 bits per heavy atom. The molecule has 0 radical (unpaired) electrons. The second kappa shape index (κ2) is 12.8. The molecule has 0 aromatic heterocycles. The van der Waals surface area contributed by atoms with Gasteiger partial charge in [0.15, 0.2) is 0 Å². The van der Waals surface area contributed by atoms with E-state index in [1.165, 1.54) is 33.0 Å². The van der Waals surface area contributed by atoms with Gasteiger partial charge in [-0.3, -0.25) is 0 Å². The highest BCUT2D eigenvalue weighted by Gasteiger charge is 2.27. The average Bonchev–Trinajstić information content (AvgIpc) is 2.95. The van der Waals surface area contributed by atoms with Crippen molar-refractivity contribution in [1.82, 2.24) is 5.32 Å². The van der Waals surface area contributed by atoms with Gasteiger partial charge in [-0.1, -0.05) is 91.0 Å². The molecule has 4 aromatic carbocycles. The second-order valence-electron chi connectivity index (χ2n) is 9.46. The highest BCUT2D eigenvalue weighted by Crippen LogP contribution is 2.29. The fraction of sp³-hybridized carbons (Fsp3) is 0.312. The molecule has 1 aliphatic heterocycles. The van der Waals surface area contributed by atoms with E-state index in [2.05, 4.69) is 84.2 Å². The average molecular weight is 482 g/mol. The molecule has 4 aromatic rings. The molecule has 0 unspecified atom stereocenters. The van der Waals surface area contributed by atoms with Crippen LogP contribution < -0.4 is 5.32 Å². The predicted octanol–water partition coefficient (Wildman–Crippen LogP) is 6.24. The number of nitrogens with one attached hydrogen (secondary N) is 1. The first-order chi connectivity index (χ1) is 17.8. The Balaban J connectivity index is 1.09. The lowest BCUT2D eigenvalue weighted by molar-refractivity contribution is 0.0106. The maximum absolute atomic E-state index is 6.45. The summed E-state index contributed by atoms with van der Waals surface area (Å²) in [7, 11) is 0. The number of ether oxygens (including phenoxy) is 3. The summed E-state index contributed by atoms with van der Waals surface area (Å²) in [5.41, 5.74) is 4.93. The zero-order valence-electron chi connectivity index (χ0n) is 20.8. The van der Waals surface area contributed by atoms with Gasteiger partial charge in [0.05, 0.1) is 39.1 Å². The number of fused-ring (bicyclic) bond motifs is 1. The summed E-state index contributed by atoms with van der Waals surface area (Å²) in [6, 6.07) is 34.1. The summed E-state index contributed by atoms with van der Waals surface area (Å²) in [6.07, 6.45) is 1.24. The topological polar surface area (TPSA) is 39.7 Å². The van der Waals surface area contributed by atoms with Crippen molar-refractivity contribution in [3.05, 3.63) is 119 Å². The first-order valence-corrected chi connectivity index (χ1v) is 12.9. The molecule has 0 saturated carbocycles. The van der Waals surface area contributed by atoms with Crippen LogP contribution in [0.5, 0.6) is 0 Å². The molecule has 0 spiro atoms. The third-order valence-electron chi connectivity index (χ3n) is 6.86. The van der Waals surface area contributed by atoms with Gasteiger partial charge in [0.2, 0.25) is 0 Å². The molecule has 2 atom stereocenters. The van der Waals surface area contributed by atoms with Gasteiger partial charge in [-0.05, 0) is 52.1 Å². The third-order valence-corrected chi connectivity index (χ3v) is 6.86. The minimum atomic E-state index is 0.161. The Morgan fingerprint density at radius 1 is 0.639 bits per heavy atom. The Kier molecular flexibility index (Phi) is 8.77. The highest BCUT2D eigenvalue weighted by atomic mass is 16.5. The molecule has 1 aliphatic rings. The quantitative estimate of drug-likeness (QED) is 0.258. The van der Waals surface area contributed by atoms with Gasteiger partial charge < -0.3 is 19.5 Å². The van der Waals surface area contributed by atoms with E-state index in [9.17, 15) is 0 Å². The fourth-order valence-corrected chi connectivity index (χ4v) is 4.85. The third kappa shape index (κ3) is 6.80. The Labute approximate surface area is 214 Å². The smallest absolute Gasteiger partial charge is 0.0772 e. The van der Waals surface area contributed by atoms with E-state index in [4.69, 9.17) is 14.2 Å². The van der Waals surface area contributed by atoms with E-state index in [0.717, 1.165) is 19.5 Å². The van der Waals surface area contributed by atoms with Crippen LogP contribution in [0.25, 0.3) is 10.8 Å². The summed E-state index contributed by atoms with van der Waals surface area (Å²) >= 11 is 0. The highest BCUT2D eigenvalue weighted by molar-refractivity contribution is 5.82. The molecule has 5 rings (SSSR count). The molecule has 4 nitrogen and oxygen atoms in total. The van der Waals surface area contributed by atoms with Crippen molar-refractivity contribution in [1.29, 1.82) is 0 Å². The number of rotatable bonds is 11. The molecular weight excluding hydrogens is 446 g/mol. The normalized spacial score (nSPS) is 17.9. The molecule has 1 heterocycles. The van der Waals surface area contributed by atoms with Crippen molar-refractivity contribution in [3.8, 4) is 0 Å². The molecule has 4 heteroatoms. The lowest BCUT2D eigenvalue weighted by Crippen LogP contribution is -2.40. The molecule has 0 bridgehead atoms. The molecule has 186 valence electrons. The Bertz CT molecular complexity index is 1210. The minimum absolute atomic E-state index is 0.161. The van der Waals surface area contributed by atoms with Crippen molar-refractivity contribution >= 4 is 10.8 Å². The van der Waals surface area contributed by atoms with E-state index in [1.807, 2.05) is 18.2 Å². The van der Waals surface area contributed by atoms with Crippen LogP contribution in [-0.4, -0.2) is 32.4 Å². The maximum Gasteiger partial charge on any atom is 0.0772 e. The van der Waals surface area contributed by atoms with Gasteiger partial charge in [-0.2, -0.15) is 0 Å². The first-order valence-electron chi connectivity index (χ1n) is 12.9. The van der Waals surface area contributed by atoms with E-state index in [1.54, 1.807) is 0 Å². The lowest BCUT2D eigenvalue weighted by Gasteiger charge is -2.32. The number of hydrogen-bond acceptors (Lipinski definition) is 4. The van der Waals surface area contributed by atoms with Crippen molar-refractivity contribution < 1.29 is 14.2 Å². The van der Waals surface area contributed by atoms with E-state index < -0.39 is 0 Å². The van der Waals surface area contributed by atoms with Crippen molar-refractivity contribution in [2.24, 2.45) is 0 Å².